The molecule has 5 nitrogen and oxygen atoms in total. The minimum atomic E-state index is -2.87. The molecule has 0 bridgehead atoms. The van der Waals surface area contributed by atoms with Gasteiger partial charge in [-0.05, 0) is 12.5 Å². The molecule has 0 aromatic heterocycles. The highest BCUT2D eigenvalue weighted by Crippen LogP contribution is 2.23. The summed E-state index contributed by atoms with van der Waals surface area (Å²) in [7, 11) is -1.33. The Balaban J connectivity index is 1.95. The molecule has 2 N–H and O–H groups in total. The Morgan fingerprint density at radius 3 is 2.83 bits per heavy atom. The first-order chi connectivity index (χ1) is 8.50. The summed E-state index contributed by atoms with van der Waals surface area (Å²) >= 11 is 0. The maximum Gasteiger partial charge on any atom is 0.151 e. The number of benzene rings is 1. The van der Waals surface area contributed by atoms with E-state index in [1.165, 1.54) is 7.11 Å². The molecule has 0 saturated carbocycles. The van der Waals surface area contributed by atoms with E-state index in [2.05, 4.69) is 5.32 Å². The number of hydrogen-bond acceptors (Lipinski definition) is 5. The minimum Gasteiger partial charge on any atom is -0.507 e. The Labute approximate surface area is 107 Å². The van der Waals surface area contributed by atoms with Crippen molar-refractivity contribution < 1.29 is 18.3 Å². The van der Waals surface area contributed by atoms with Gasteiger partial charge >= 0.3 is 0 Å². The normalized spacial score (nSPS) is 21.9. The van der Waals surface area contributed by atoms with Crippen LogP contribution in [0.5, 0.6) is 11.5 Å². The van der Waals surface area contributed by atoms with Crippen LogP contribution in [0.25, 0.3) is 0 Å². The first kappa shape index (κ1) is 13.2. The Morgan fingerprint density at radius 2 is 2.28 bits per heavy atom. The molecule has 0 spiro atoms. The van der Waals surface area contributed by atoms with Gasteiger partial charge < -0.3 is 15.2 Å². The number of aromatic hydroxyl groups is 1. The first-order valence-electron chi connectivity index (χ1n) is 5.80. The van der Waals surface area contributed by atoms with E-state index in [1.807, 2.05) is 0 Å². The van der Waals surface area contributed by atoms with Crippen molar-refractivity contribution >= 4 is 9.84 Å². The highest BCUT2D eigenvalue weighted by molar-refractivity contribution is 7.91. The van der Waals surface area contributed by atoms with Crippen molar-refractivity contribution in [3.8, 4) is 11.5 Å². The van der Waals surface area contributed by atoms with Crippen LogP contribution in [0.15, 0.2) is 18.2 Å². The van der Waals surface area contributed by atoms with Gasteiger partial charge in [0.05, 0.1) is 18.6 Å². The Bertz CT molecular complexity index is 527. The van der Waals surface area contributed by atoms with Gasteiger partial charge in [-0.25, -0.2) is 8.42 Å². The summed E-state index contributed by atoms with van der Waals surface area (Å²) < 4.78 is 27.6. The zero-order valence-electron chi connectivity index (χ0n) is 10.2. The lowest BCUT2D eigenvalue weighted by molar-refractivity contribution is 0.405. The lowest BCUT2D eigenvalue weighted by Gasteiger charge is -2.12. The monoisotopic (exact) mass is 271 g/mol. The van der Waals surface area contributed by atoms with E-state index < -0.39 is 9.84 Å². The summed E-state index contributed by atoms with van der Waals surface area (Å²) in [5, 5.41) is 12.9. The molecule has 2 rings (SSSR count). The van der Waals surface area contributed by atoms with E-state index >= 15 is 0 Å². The standard InChI is InChI=1S/C12H17NO4S/c1-17-11-3-2-9(12(14)6-11)7-13-10-4-5-18(15,16)8-10/h2-3,6,10,13-14H,4-5,7-8H2,1H3. The molecule has 0 amide bonds. The van der Waals surface area contributed by atoms with Crippen LogP contribution in [0, 0.1) is 0 Å². The van der Waals surface area contributed by atoms with Gasteiger partial charge in [-0.1, -0.05) is 6.07 Å². The molecule has 1 aliphatic heterocycles. The van der Waals surface area contributed by atoms with Crippen LogP contribution < -0.4 is 10.1 Å². The molecule has 1 heterocycles. The van der Waals surface area contributed by atoms with Crippen LogP contribution in [0.1, 0.15) is 12.0 Å². The van der Waals surface area contributed by atoms with Crippen molar-refractivity contribution in [2.45, 2.75) is 19.0 Å². The van der Waals surface area contributed by atoms with Gasteiger partial charge in [0, 0.05) is 24.2 Å². The number of ether oxygens (including phenoxy) is 1. The van der Waals surface area contributed by atoms with Crippen LogP contribution in [0.2, 0.25) is 0 Å². The topological polar surface area (TPSA) is 75.6 Å². The largest absolute Gasteiger partial charge is 0.507 e. The Hall–Kier alpha value is -1.27. The second-order valence-electron chi connectivity index (χ2n) is 4.48. The van der Waals surface area contributed by atoms with Gasteiger partial charge in [0.25, 0.3) is 0 Å². The molecule has 1 aliphatic rings. The number of sulfone groups is 1. The third kappa shape index (κ3) is 3.14. The molecule has 100 valence electrons. The van der Waals surface area contributed by atoms with Crippen LogP contribution in [0.3, 0.4) is 0 Å². The molecule has 18 heavy (non-hydrogen) atoms. The number of methoxy groups -OCH3 is 1. The minimum absolute atomic E-state index is 0.0171. The fourth-order valence-corrected chi connectivity index (χ4v) is 3.74. The van der Waals surface area contributed by atoms with E-state index in [0.29, 0.717) is 18.7 Å². The number of hydrogen-bond donors (Lipinski definition) is 2. The second-order valence-corrected chi connectivity index (χ2v) is 6.70. The maximum atomic E-state index is 11.3. The highest BCUT2D eigenvalue weighted by atomic mass is 32.2. The molecular formula is C12H17NO4S. The fourth-order valence-electron chi connectivity index (χ4n) is 2.03. The smallest absolute Gasteiger partial charge is 0.151 e. The second kappa shape index (κ2) is 5.16. The van der Waals surface area contributed by atoms with E-state index in [-0.39, 0.29) is 23.3 Å². The number of nitrogens with one attached hydrogen (secondary N) is 1. The van der Waals surface area contributed by atoms with Crippen LogP contribution in [-0.4, -0.2) is 38.2 Å². The third-order valence-electron chi connectivity index (χ3n) is 3.11. The molecule has 1 atom stereocenters. The van der Waals surface area contributed by atoms with Crippen molar-refractivity contribution in [3.05, 3.63) is 23.8 Å². The summed E-state index contributed by atoms with van der Waals surface area (Å²) in [6, 6.07) is 5.06. The predicted octanol–water partition coefficient (Wildman–Crippen LogP) is 0.677. The SMILES string of the molecule is COc1ccc(CNC2CCS(=O)(=O)C2)c(O)c1. The zero-order valence-corrected chi connectivity index (χ0v) is 11.0. The van der Waals surface area contributed by atoms with Crippen molar-refractivity contribution in [2.75, 3.05) is 18.6 Å². The van der Waals surface area contributed by atoms with E-state index in [9.17, 15) is 13.5 Å². The quantitative estimate of drug-likeness (QED) is 0.842. The van der Waals surface area contributed by atoms with Crippen molar-refractivity contribution in [3.63, 3.8) is 0 Å². The molecule has 0 aliphatic carbocycles. The summed E-state index contributed by atoms with van der Waals surface area (Å²) in [6.45, 7) is 0.454. The van der Waals surface area contributed by atoms with Crippen LogP contribution in [-0.2, 0) is 16.4 Å². The van der Waals surface area contributed by atoms with Crippen LogP contribution >= 0.6 is 0 Å². The first-order valence-corrected chi connectivity index (χ1v) is 7.62. The van der Waals surface area contributed by atoms with Crippen molar-refractivity contribution in [1.29, 1.82) is 0 Å². The maximum absolute atomic E-state index is 11.3. The van der Waals surface area contributed by atoms with E-state index in [1.54, 1.807) is 18.2 Å². The van der Waals surface area contributed by atoms with E-state index in [0.717, 1.165) is 5.56 Å². The van der Waals surface area contributed by atoms with Crippen molar-refractivity contribution in [2.24, 2.45) is 0 Å². The molecule has 1 unspecified atom stereocenters. The highest BCUT2D eigenvalue weighted by Gasteiger charge is 2.27. The summed E-state index contributed by atoms with van der Waals surface area (Å²) in [4.78, 5) is 0. The average Bonchev–Trinajstić information content (AvgIpc) is 2.67. The lowest BCUT2D eigenvalue weighted by Crippen LogP contribution is -2.29. The summed E-state index contributed by atoms with van der Waals surface area (Å²) in [5.41, 5.74) is 0.736. The molecule has 0 radical (unpaired) electrons. The van der Waals surface area contributed by atoms with Gasteiger partial charge in [-0.15, -0.1) is 0 Å². The Kier molecular flexibility index (Phi) is 3.77. The van der Waals surface area contributed by atoms with Gasteiger partial charge in [0.15, 0.2) is 9.84 Å². The molecule has 1 saturated heterocycles. The van der Waals surface area contributed by atoms with Gasteiger partial charge in [-0.2, -0.15) is 0 Å². The van der Waals surface area contributed by atoms with Crippen LogP contribution in [0.4, 0.5) is 0 Å². The third-order valence-corrected chi connectivity index (χ3v) is 4.87. The number of phenolic OH excluding ortho intramolecular Hbond substituents is 1. The van der Waals surface area contributed by atoms with Gasteiger partial charge in [0.2, 0.25) is 0 Å². The fraction of sp³-hybridized carbons (Fsp3) is 0.500. The summed E-state index contributed by atoms with van der Waals surface area (Å²) in [6.07, 6.45) is 0.638. The van der Waals surface area contributed by atoms with Gasteiger partial charge in [-0.3, -0.25) is 0 Å². The van der Waals surface area contributed by atoms with E-state index in [4.69, 9.17) is 4.74 Å². The lowest BCUT2D eigenvalue weighted by atomic mass is 10.1. The Morgan fingerprint density at radius 1 is 1.50 bits per heavy atom. The van der Waals surface area contributed by atoms with Crippen molar-refractivity contribution in [1.82, 2.24) is 5.32 Å². The molecule has 1 aromatic carbocycles. The molecule has 6 heteroatoms. The number of phenols is 1. The van der Waals surface area contributed by atoms with Gasteiger partial charge in [0.1, 0.15) is 11.5 Å². The number of rotatable bonds is 4. The molecule has 1 aromatic rings. The predicted molar refractivity (Wildman–Crippen MR) is 68.6 cm³/mol. The summed E-state index contributed by atoms with van der Waals surface area (Å²) in [5.74, 6) is 1.19. The zero-order chi connectivity index (χ0) is 13.2. The molecule has 1 fully saturated rings. The molecular weight excluding hydrogens is 254 g/mol. The average molecular weight is 271 g/mol.